The first-order chi connectivity index (χ1) is 16.2. The lowest BCUT2D eigenvalue weighted by Crippen LogP contribution is -2.17. The molecule has 1 heterocycles. The third-order valence-corrected chi connectivity index (χ3v) is 5.21. The maximum Gasteiger partial charge on any atom is 0.180 e. The molecule has 3 aromatic rings. The highest BCUT2D eigenvalue weighted by atomic mass is 16.5. The highest BCUT2D eigenvalue weighted by Gasteiger charge is 2.11. The molecule has 1 fully saturated rings. The van der Waals surface area contributed by atoms with Crippen LogP contribution in [0, 0.1) is 6.92 Å². The van der Waals surface area contributed by atoms with E-state index < -0.39 is 0 Å². The van der Waals surface area contributed by atoms with Crippen LogP contribution < -0.4 is 9.64 Å². The predicted molar refractivity (Wildman–Crippen MR) is 128 cm³/mol. The van der Waals surface area contributed by atoms with E-state index in [4.69, 9.17) is 4.74 Å². The summed E-state index contributed by atoms with van der Waals surface area (Å²) in [6.07, 6.45) is 3.67. The zero-order valence-corrected chi connectivity index (χ0v) is 18.3. The molecule has 33 heavy (non-hydrogen) atoms. The summed E-state index contributed by atoms with van der Waals surface area (Å²) in [6.45, 7) is 4.21. The van der Waals surface area contributed by atoms with Crippen molar-refractivity contribution in [3.8, 4) is 5.75 Å². The summed E-state index contributed by atoms with van der Waals surface area (Å²) >= 11 is 0. The standard InChI is InChI=1S/C26H23N5O2/c1-20-19-23(29-27-21-5-10-24(11-6-21)31-15-2-3-16-31)9-14-26(20)30-28-22-7-12-25(13-8-22)33-18-4-17-32/h5-14,18-19H,2-3,15-16H2,1H3/b29-27+,30-28+. The second-order valence-corrected chi connectivity index (χ2v) is 7.56. The minimum atomic E-state index is 0.563. The van der Waals surface area contributed by atoms with Crippen molar-refractivity contribution in [3.63, 3.8) is 0 Å². The van der Waals surface area contributed by atoms with Crippen molar-refractivity contribution in [2.45, 2.75) is 19.8 Å². The lowest BCUT2D eigenvalue weighted by atomic mass is 10.2. The molecular weight excluding hydrogens is 414 g/mol. The fraction of sp³-hybridized carbons (Fsp3) is 0.192. The van der Waals surface area contributed by atoms with E-state index in [0.717, 1.165) is 42.0 Å². The summed E-state index contributed by atoms with van der Waals surface area (Å²) < 4.78 is 5.19. The van der Waals surface area contributed by atoms with Gasteiger partial charge in [0.25, 0.3) is 0 Å². The minimum Gasteiger partial charge on any atom is -0.456 e. The van der Waals surface area contributed by atoms with E-state index in [1.807, 2.05) is 37.3 Å². The van der Waals surface area contributed by atoms with Crippen LogP contribution in [0.1, 0.15) is 18.4 Å². The Morgan fingerprint density at radius 2 is 1.42 bits per heavy atom. The summed E-state index contributed by atoms with van der Waals surface area (Å²) in [5, 5.41) is 17.3. The fourth-order valence-corrected chi connectivity index (χ4v) is 3.46. The van der Waals surface area contributed by atoms with E-state index in [2.05, 4.69) is 43.2 Å². The number of aryl methyl sites for hydroxylation is 1. The van der Waals surface area contributed by atoms with Gasteiger partial charge in [0.2, 0.25) is 0 Å². The van der Waals surface area contributed by atoms with Gasteiger partial charge < -0.3 is 9.64 Å². The average molecular weight is 438 g/mol. The number of benzene rings is 3. The number of hydrogen-bond acceptors (Lipinski definition) is 7. The Balaban J connectivity index is 1.38. The fourth-order valence-electron chi connectivity index (χ4n) is 3.46. The number of anilines is 1. The molecule has 0 bridgehead atoms. The SMILES string of the molecule is Cc1cc(/N=N/c2ccc(N3CCCC3)cc2)ccc1/N=N/c1ccc(OC=C=C=O)cc1. The van der Waals surface area contributed by atoms with Crippen molar-refractivity contribution in [1.82, 2.24) is 0 Å². The van der Waals surface area contributed by atoms with Gasteiger partial charge in [-0.3, -0.25) is 0 Å². The van der Waals surface area contributed by atoms with Crippen molar-refractivity contribution in [1.29, 1.82) is 0 Å². The van der Waals surface area contributed by atoms with Gasteiger partial charge in [0.15, 0.2) is 5.94 Å². The van der Waals surface area contributed by atoms with E-state index in [1.54, 1.807) is 24.3 Å². The first kappa shape index (κ1) is 21.9. The maximum atomic E-state index is 10.1. The van der Waals surface area contributed by atoms with E-state index in [9.17, 15) is 4.79 Å². The molecule has 0 unspecified atom stereocenters. The van der Waals surface area contributed by atoms with Crippen LogP contribution in [-0.2, 0) is 4.79 Å². The summed E-state index contributed by atoms with van der Waals surface area (Å²) in [5.41, 5.74) is 7.39. The zero-order chi connectivity index (χ0) is 22.9. The minimum absolute atomic E-state index is 0.563. The molecule has 1 saturated heterocycles. The predicted octanol–water partition coefficient (Wildman–Crippen LogP) is 7.31. The van der Waals surface area contributed by atoms with Crippen LogP contribution in [-0.4, -0.2) is 19.0 Å². The van der Waals surface area contributed by atoms with Gasteiger partial charge in [0.1, 0.15) is 12.0 Å². The Hall–Kier alpha value is -4.31. The third-order valence-electron chi connectivity index (χ3n) is 5.21. The zero-order valence-electron chi connectivity index (χ0n) is 18.3. The van der Waals surface area contributed by atoms with Gasteiger partial charge in [0, 0.05) is 24.5 Å². The van der Waals surface area contributed by atoms with E-state index >= 15 is 0 Å². The molecule has 0 aliphatic carbocycles. The lowest BCUT2D eigenvalue weighted by molar-refractivity contribution is 0.482. The Kier molecular flexibility index (Phi) is 7.18. The molecule has 3 aromatic carbocycles. The molecule has 0 N–H and O–H groups in total. The Bertz CT molecular complexity index is 1230. The summed E-state index contributed by atoms with van der Waals surface area (Å²) in [4.78, 5) is 12.5. The van der Waals surface area contributed by atoms with Crippen LogP contribution in [0.3, 0.4) is 0 Å². The van der Waals surface area contributed by atoms with Crippen molar-refractivity contribution in [2.75, 3.05) is 18.0 Å². The second-order valence-electron chi connectivity index (χ2n) is 7.56. The summed E-state index contributed by atoms with van der Waals surface area (Å²) in [6, 6.07) is 20.9. The van der Waals surface area contributed by atoms with Crippen molar-refractivity contribution in [2.24, 2.45) is 20.5 Å². The highest BCUT2D eigenvalue weighted by Crippen LogP contribution is 2.29. The highest BCUT2D eigenvalue weighted by molar-refractivity contribution is 5.55. The third kappa shape index (κ3) is 6.11. The van der Waals surface area contributed by atoms with Gasteiger partial charge in [-0.25, -0.2) is 4.79 Å². The first-order valence-corrected chi connectivity index (χ1v) is 10.7. The van der Waals surface area contributed by atoms with Crippen LogP contribution in [0.15, 0.2) is 99.2 Å². The van der Waals surface area contributed by atoms with E-state index in [0.29, 0.717) is 11.4 Å². The van der Waals surface area contributed by atoms with Gasteiger partial charge >= 0.3 is 0 Å². The Labute approximate surface area is 192 Å². The summed E-state index contributed by atoms with van der Waals surface area (Å²) in [7, 11) is 0. The topological polar surface area (TPSA) is 79.0 Å². The molecule has 7 heteroatoms. The number of ether oxygens (including phenoxy) is 1. The van der Waals surface area contributed by atoms with Crippen molar-refractivity contribution < 1.29 is 9.53 Å². The Morgan fingerprint density at radius 3 is 2.09 bits per heavy atom. The van der Waals surface area contributed by atoms with Gasteiger partial charge in [-0.05, 0) is 92.1 Å². The van der Waals surface area contributed by atoms with Crippen LogP contribution in [0.5, 0.6) is 5.75 Å². The molecule has 0 saturated carbocycles. The molecule has 1 aliphatic rings. The Morgan fingerprint density at radius 1 is 0.818 bits per heavy atom. The van der Waals surface area contributed by atoms with Crippen LogP contribution >= 0.6 is 0 Å². The molecule has 0 radical (unpaired) electrons. The van der Waals surface area contributed by atoms with Crippen LogP contribution in [0.2, 0.25) is 0 Å². The number of azo groups is 2. The molecular formula is C26H23N5O2. The van der Waals surface area contributed by atoms with Crippen molar-refractivity contribution in [3.05, 3.63) is 84.3 Å². The molecule has 7 nitrogen and oxygen atoms in total. The van der Waals surface area contributed by atoms with Crippen LogP contribution in [0.25, 0.3) is 0 Å². The number of nitrogens with zero attached hydrogens (tertiary/aromatic N) is 5. The van der Waals surface area contributed by atoms with Gasteiger partial charge in [-0.2, -0.15) is 20.5 Å². The number of rotatable bonds is 7. The molecule has 1 aliphatic heterocycles. The molecule has 0 aromatic heterocycles. The van der Waals surface area contributed by atoms with E-state index in [1.165, 1.54) is 24.5 Å². The maximum absolute atomic E-state index is 10.1. The monoisotopic (exact) mass is 437 g/mol. The van der Waals surface area contributed by atoms with Gasteiger partial charge in [-0.15, -0.1) is 0 Å². The first-order valence-electron chi connectivity index (χ1n) is 10.7. The average Bonchev–Trinajstić information content (AvgIpc) is 3.39. The molecule has 4 rings (SSSR count). The normalized spacial score (nSPS) is 13.3. The molecule has 164 valence electrons. The van der Waals surface area contributed by atoms with Gasteiger partial charge in [-0.1, -0.05) is 0 Å². The number of hydrogen-bond donors (Lipinski definition) is 0. The lowest BCUT2D eigenvalue weighted by Gasteiger charge is -2.17. The molecule has 0 amide bonds. The largest absolute Gasteiger partial charge is 0.456 e. The van der Waals surface area contributed by atoms with Crippen molar-refractivity contribution >= 4 is 34.4 Å². The molecule has 0 spiro atoms. The molecule has 0 atom stereocenters. The smallest absolute Gasteiger partial charge is 0.180 e. The summed E-state index contributed by atoms with van der Waals surface area (Å²) in [5.74, 6) is 2.06. The van der Waals surface area contributed by atoms with Crippen LogP contribution in [0.4, 0.5) is 28.4 Å². The van der Waals surface area contributed by atoms with Gasteiger partial charge in [0.05, 0.1) is 22.7 Å². The quantitative estimate of drug-likeness (QED) is 0.168. The van der Waals surface area contributed by atoms with E-state index in [-0.39, 0.29) is 0 Å². The second kappa shape index (κ2) is 10.8. The number of carbonyl (C=O) groups excluding carboxylic acids is 1.